The first-order chi connectivity index (χ1) is 9.67. The molecule has 0 fully saturated rings. The topological polar surface area (TPSA) is 59.8 Å². The van der Waals surface area contributed by atoms with E-state index in [2.05, 4.69) is 15.3 Å². The lowest BCUT2D eigenvalue weighted by atomic mass is 10.1. The molecule has 0 aromatic carbocycles. The van der Waals surface area contributed by atoms with Crippen molar-refractivity contribution in [2.24, 2.45) is 0 Å². The number of carbonyl (C=O) groups excluding carboxylic acids is 1. The predicted octanol–water partition coefficient (Wildman–Crippen LogP) is 2.95. The van der Waals surface area contributed by atoms with Crippen LogP contribution in [-0.2, 0) is 11.3 Å². The van der Waals surface area contributed by atoms with E-state index in [9.17, 15) is 4.79 Å². The molecule has 2 aromatic heterocycles. The van der Waals surface area contributed by atoms with E-state index in [-0.39, 0.29) is 23.4 Å². The number of fused-ring (bicyclic) bond motifs is 1. The number of pyridine rings is 1. The third-order valence-electron chi connectivity index (χ3n) is 2.92. The smallest absolute Gasteiger partial charge is 0.240 e. The Kier molecular flexibility index (Phi) is 4.23. The van der Waals surface area contributed by atoms with E-state index in [1.807, 2.05) is 40.7 Å². The highest BCUT2D eigenvalue weighted by molar-refractivity contribution is 6.20. The second-order valence-electron chi connectivity index (χ2n) is 6.33. The van der Waals surface area contributed by atoms with E-state index in [4.69, 9.17) is 11.6 Å². The van der Waals surface area contributed by atoms with E-state index in [1.165, 1.54) is 0 Å². The molecule has 0 saturated carbocycles. The molecule has 0 spiro atoms. The number of hydrogen-bond donors (Lipinski definition) is 1. The zero-order chi connectivity index (χ0) is 15.8. The number of aromatic nitrogens is 3. The summed E-state index contributed by atoms with van der Waals surface area (Å²) in [5.41, 5.74) is 2.21. The van der Waals surface area contributed by atoms with Gasteiger partial charge in [0.2, 0.25) is 5.91 Å². The first-order valence-corrected chi connectivity index (χ1v) is 7.39. The molecule has 0 saturated heterocycles. The molecule has 0 aliphatic heterocycles. The minimum absolute atomic E-state index is 0.0808. The fourth-order valence-electron chi connectivity index (χ4n) is 2.19. The van der Waals surface area contributed by atoms with Crippen LogP contribution in [0.1, 0.15) is 44.5 Å². The number of carbonyl (C=O) groups is 1. The molecule has 21 heavy (non-hydrogen) atoms. The molecule has 1 atom stereocenters. The Morgan fingerprint density at radius 3 is 2.71 bits per heavy atom. The molecule has 5 nitrogen and oxygen atoms in total. The van der Waals surface area contributed by atoms with Crippen molar-refractivity contribution in [1.82, 2.24) is 19.9 Å². The van der Waals surface area contributed by atoms with Crippen molar-refractivity contribution in [3.8, 4) is 0 Å². The van der Waals surface area contributed by atoms with Crippen molar-refractivity contribution in [3.63, 3.8) is 0 Å². The van der Waals surface area contributed by atoms with Gasteiger partial charge < -0.3 is 9.88 Å². The summed E-state index contributed by atoms with van der Waals surface area (Å²) in [5, 5.41) is 2.65. The molecule has 2 rings (SSSR count). The van der Waals surface area contributed by atoms with Crippen LogP contribution in [0.5, 0.6) is 0 Å². The zero-order valence-electron chi connectivity index (χ0n) is 13.1. The Balaban J connectivity index is 2.41. The van der Waals surface area contributed by atoms with Crippen molar-refractivity contribution >= 4 is 28.7 Å². The first-order valence-electron chi connectivity index (χ1n) is 6.95. The Morgan fingerprint density at radius 1 is 1.48 bits per heavy atom. The number of rotatable bonds is 3. The minimum atomic E-state index is -0.290. The predicted molar refractivity (Wildman–Crippen MR) is 84.4 cm³/mol. The second-order valence-corrected chi connectivity index (χ2v) is 6.98. The van der Waals surface area contributed by atoms with Crippen LogP contribution in [0.4, 0.5) is 0 Å². The lowest BCUT2D eigenvalue weighted by Crippen LogP contribution is -2.42. The van der Waals surface area contributed by atoms with Gasteiger partial charge in [0.25, 0.3) is 0 Å². The molecule has 2 heterocycles. The van der Waals surface area contributed by atoms with E-state index >= 15 is 0 Å². The van der Waals surface area contributed by atoms with Crippen LogP contribution in [0.3, 0.4) is 0 Å². The standard InChI is InChI=1S/C15H21ClN4O/c1-9-6-11-14(17-7-9)20(13(18-11)10(2)16)8-12(21)19-15(3,4)5/h6-7,10H,8H2,1-5H3,(H,19,21). The van der Waals surface area contributed by atoms with E-state index in [0.29, 0.717) is 11.5 Å². The largest absolute Gasteiger partial charge is 0.350 e. The van der Waals surface area contributed by atoms with Gasteiger partial charge in [-0.2, -0.15) is 0 Å². The van der Waals surface area contributed by atoms with Gasteiger partial charge in [-0.3, -0.25) is 4.79 Å². The van der Waals surface area contributed by atoms with Crippen LogP contribution in [0, 0.1) is 6.92 Å². The van der Waals surface area contributed by atoms with Crippen LogP contribution in [0.15, 0.2) is 12.3 Å². The third kappa shape index (κ3) is 3.73. The van der Waals surface area contributed by atoms with Gasteiger partial charge in [-0.15, -0.1) is 11.6 Å². The highest BCUT2D eigenvalue weighted by Gasteiger charge is 2.20. The van der Waals surface area contributed by atoms with Crippen molar-refractivity contribution in [2.75, 3.05) is 0 Å². The number of nitrogens with one attached hydrogen (secondary N) is 1. The van der Waals surface area contributed by atoms with Gasteiger partial charge in [0.05, 0.1) is 5.38 Å². The molecule has 0 aliphatic carbocycles. The Morgan fingerprint density at radius 2 is 2.14 bits per heavy atom. The second kappa shape index (κ2) is 5.64. The summed E-state index contributed by atoms with van der Waals surface area (Å²) in [7, 11) is 0. The number of alkyl halides is 1. The Bertz CT molecular complexity index is 670. The average Bonchev–Trinajstić information content (AvgIpc) is 2.64. The monoisotopic (exact) mass is 308 g/mol. The van der Waals surface area contributed by atoms with Gasteiger partial charge in [0, 0.05) is 11.7 Å². The summed E-state index contributed by atoms with van der Waals surface area (Å²) in [4.78, 5) is 21.1. The zero-order valence-corrected chi connectivity index (χ0v) is 13.8. The number of amides is 1. The lowest BCUT2D eigenvalue weighted by molar-refractivity contribution is -0.123. The van der Waals surface area contributed by atoms with Gasteiger partial charge >= 0.3 is 0 Å². The number of nitrogens with zero attached hydrogens (tertiary/aromatic N) is 3. The van der Waals surface area contributed by atoms with Crippen LogP contribution < -0.4 is 5.32 Å². The number of halogens is 1. The maximum absolute atomic E-state index is 12.2. The summed E-state index contributed by atoms with van der Waals surface area (Å²) < 4.78 is 1.79. The summed E-state index contributed by atoms with van der Waals surface area (Å²) in [6.07, 6.45) is 1.77. The number of aryl methyl sites for hydroxylation is 1. The quantitative estimate of drug-likeness (QED) is 0.887. The maximum atomic E-state index is 12.2. The van der Waals surface area contributed by atoms with Crippen molar-refractivity contribution < 1.29 is 4.79 Å². The van der Waals surface area contributed by atoms with Crippen LogP contribution in [0.25, 0.3) is 11.2 Å². The van der Waals surface area contributed by atoms with Gasteiger partial charge in [-0.25, -0.2) is 9.97 Å². The van der Waals surface area contributed by atoms with Gasteiger partial charge in [0.1, 0.15) is 17.9 Å². The van der Waals surface area contributed by atoms with E-state index in [1.54, 1.807) is 10.8 Å². The maximum Gasteiger partial charge on any atom is 0.240 e. The molecule has 114 valence electrons. The summed E-state index contributed by atoms with van der Waals surface area (Å²) in [6, 6.07) is 1.95. The van der Waals surface area contributed by atoms with Gasteiger partial charge in [0.15, 0.2) is 5.65 Å². The SMILES string of the molecule is Cc1cnc2c(c1)nc(C(C)Cl)n2CC(=O)NC(C)(C)C. The molecule has 2 aromatic rings. The molecule has 1 amide bonds. The molecular weight excluding hydrogens is 288 g/mol. The molecule has 0 radical (unpaired) electrons. The van der Waals surface area contributed by atoms with Crippen molar-refractivity contribution in [2.45, 2.75) is 52.1 Å². The Labute approximate surface area is 129 Å². The highest BCUT2D eigenvalue weighted by Crippen LogP contribution is 2.23. The lowest BCUT2D eigenvalue weighted by Gasteiger charge is -2.21. The van der Waals surface area contributed by atoms with Crippen LogP contribution in [0.2, 0.25) is 0 Å². The molecular formula is C15H21ClN4O. The highest BCUT2D eigenvalue weighted by atomic mass is 35.5. The molecule has 1 unspecified atom stereocenters. The van der Waals surface area contributed by atoms with E-state index in [0.717, 1.165) is 11.1 Å². The normalized spacial score (nSPS) is 13.4. The fraction of sp³-hybridized carbons (Fsp3) is 0.533. The summed E-state index contributed by atoms with van der Waals surface area (Å²) in [5.74, 6) is 0.580. The molecule has 6 heteroatoms. The third-order valence-corrected chi connectivity index (χ3v) is 3.12. The van der Waals surface area contributed by atoms with Gasteiger partial charge in [-0.05, 0) is 46.2 Å². The van der Waals surface area contributed by atoms with Gasteiger partial charge in [-0.1, -0.05) is 0 Å². The number of imidazole rings is 1. The number of hydrogen-bond acceptors (Lipinski definition) is 3. The van der Waals surface area contributed by atoms with Crippen molar-refractivity contribution in [1.29, 1.82) is 0 Å². The van der Waals surface area contributed by atoms with Crippen LogP contribution in [-0.4, -0.2) is 26.0 Å². The first kappa shape index (κ1) is 15.8. The fourth-order valence-corrected chi connectivity index (χ4v) is 2.36. The Hall–Kier alpha value is -1.62. The van der Waals surface area contributed by atoms with Crippen LogP contribution >= 0.6 is 11.6 Å². The summed E-state index contributed by atoms with van der Waals surface area (Å²) >= 11 is 6.19. The van der Waals surface area contributed by atoms with Crippen molar-refractivity contribution in [3.05, 3.63) is 23.7 Å². The molecule has 0 aliphatic rings. The molecule has 1 N–H and O–H groups in total. The minimum Gasteiger partial charge on any atom is -0.350 e. The molecule has 0 bridgehead atoms. The van der Waals surface area contributed by atoms with E-state index < -0.39 is 0 Å². The average molecular weight is 309 g/mol. The summed E-state index contributed by atoms with van der Waals surface area (Å²) in [6.45, 7) is 9.81.